The largest absolute Gasteiger partial charge is 0.496 e. The molecular formula is C15H15N3OS. The summed E-state index contributed by atoms with van der Waals surface area (Å²) in [4.78, 5) is 1.01. The maximum absolute atomic E-state index is 6.31. The number of nitrogens with zero attached hydrogens (tertiary/aromatic N) is 2. The lowest BCUT2D eigenvalue weighted by molar-refractivity contribution is 0.411. The first kappa shape index (κ1) is 12.9. The minimum atomic E-state index is -0.220. The molecule has 0 aliphatic carbocycles. The van der Waals surface area contributed by atoms with Gasteiger partial charge in [0.1, 0.15) is 5.75 Å². The number of rotatable bonds is 4. The molecule has 3 rings (SSSR count). The zero-order valence-electron chi connectivity index (χ0n) is 11.1. The molecule has 1 aromatic carbocycles. The van der Waals surface area contributed by atoms with Gasteiger partial charge in [-0.25, -0.2) is 4.68 Å². The quantitative estimate of drug-likeness (QED) is 0.801. The number of nitrogens with two attached hydrogens (primary N) is 1. The van der Waals surface area contributed by atoms with Crippen molar-refractivity contribution in [2.24, 2.45) is 5.73 Å². The number of hydrogen-bond donors (Lipinski definition) is 1. The van der Waals surface area contributed by atoms with Gasteiger partial charge in [-0.2, -0.15) is 5.10 Å². The van der Waals surface area contributed by atoms with Gasteiger partial charge in [-0.05, 0) is 23.6 Å². The lowest BCUT2D eigenvalue weighted by Gasteiger charge is -2.09. The second-order valence-corrected chi connectivity index (χ2v) is 5.33. The van der Waals surface area contributed by atoms with Gasteiger partial charge in [-0.3, -0.25) is 0 Å². The monoisotopic (exact) mass is 285 g/mol. The Balaban J connectivity index is 1.91. The van der Waals surface area contributed by atoms with Gasteiger partial charge >= 0.3 is 0 Å². The van der Waals surface area contributed by atoms with Gasteiger partial charge in [-0.15, -0.1) is 11.3 Å². The lowest BCUT2D eigenvalue weighted by Crippen LogP contribution is -2.10. The molecule has 2 aromatic heterocycles. The van der Waals surface area contributed by atoms with Gasteiger partial charge in [0.05, 0.1) is 29.9 Å². The van der Waals surface area contributed by atoms with E-state index in [0.29, 0.717) is 0 Å². The van der Waals surface area contributed by atoms with Gasteiger partial charge in [0, 0.05) is 11.8 Å². The number of para-hydroxylation sites is 1. The maximum atomic E-state index is 6.31. The van der Waals surface area contributed by atoms with E-state index in [1.165, 1.54) is 0 Å². The van der Waals surface area contributed by atoms with E-state index in [4.69, 9.17) is 10.5 Å². The van der Waals surface area contributed by atoms with E-state index in [-0.39, 0.29) is 6.04 Å². The molecule has 4 nitrogen and oxygen atoms in total. The summed E-state index contributed by atoms with van der Waals surface area (Å²) in [6, 6.07) is 11.7. The second kappa shape index (κ2) is 5.48. The maximum Gasteiger partial charge on any atom is 0.134 e. The minimum Gasteiger partial charge on any atom is -0.496 e. The molecule has 20 heavy (non-hydrogen) atoms. The SMILES string of the molecule is COc1ccsc1C(N)c1cnn(-c2ccccc2)c1. The van der Waals surface area contributed by atoms with E-state index < -0.39 is 0 Å². The van der Waals surface area contributed by atoms with E-state index in [0.717, 1.165) is 21.9 Å². The predicted molar refractivity (Wildman–Crippen MR) is 80.5 cm³/mol. The Morgan fingerprint density at radius 1 is 1.25 bits per heavy atom. The first-order valence-electron chi connectivity index (χ1n) is 6.26. The smallest absolute Gasteiger partial charge is 0.134 e. The molecule has 5 heteroatoms. The van der Waals surface area contributed by atoms with Crippen LogP contribution in [0.15, 0.2) is 54.2 Å². The van der Waals surface area contributed by atoms with E-state index in [1.54, 1.807) is 24.6 Å². The first-order chi connectivity index (χ1) is 9.79. The van der Waals surface area contributed by atoms with Crippen LogP contribution in [-0.4, -0.2) is 16.9 Å². The highest BCUT2D eigenvalue weighted by atomic mass is 32.1. The van der Waals surface area contributed by atoms with Crippen LogP contribution >= 0.6 is 11.3 Å². The minimum absolute atomic E-state index is 0.220. The van der Waals surface area contributed by atoms with Crippen molar-refractivity contribution in [3.8, 4) is 11.4 Å². The Bertz CT molecular complexity index is 690. The van der Waals surface area contributed by atoms with E-state index in [2.05, 4.69) is 5.10 Å². The summed E-state index contributed by atoms with van der Waals surface area (Å²) in [5, 5.41) is 6.36. The molecule has 0 saturated carbocycles. The van der Waals surface area contributed by atoms with Gasteiger partial charge in [0.25, 0.3) is 0 Å². The van der Waals surface area contributed by atoms with Crippen LogP contribution in [0.1, 0.15) is 16.5 Å². The number of methoxy groups -OCH3 is 1. The number of benzene rings is 1. The van der Waals surface area contributed by atoms with E-state index in [1.807, 2.05) is 52.7 Å². The van der Waals surface area contributed by atoms with Crippen molar-refractivity contribution >= 4 is 11.3 Å². The third-order valence-corrected chi connectivity index (χ3v) is 4.12. The molecule has 0 aliphatic heterocycles. The molecular weight excluding hydrogens is 270 g/mol. The highest BCUT2D eigenvalue weighted by Crippen LogP contribution is 2.33. The molecule has 2 N–H and O–H groups in total. The molecule has 0 saturated heterocycles. The Morgan fingerprint density at radius 2 is 2.05 bits per heavy atom. The fourth-order valence-electron chi connectivity index (χ4n) is 2.08. The fourth-order valence-corrected chi connectivity index (χ4v) is 2.96. The van der Waals surface area contributed by atoms with Crippen molar-refractivity contribution in [3.05, 3.63) is 64.6 Å². The topological polar surface area (TPSA) is 53.1 Å². The Morgan fingerprint density at radius 3 is 2.80 bits per heavy atom. The van der Waals surface area contributed by atoms with Gasteiger partial charge < -0.3 is 10.5 Å². The number of ether oxygens (including phenoxy) is 1. The van der Waals surface area contributed by atoms with Crippen LogP contribution in [0, 0.1) is 0 Å². The third kappa shape index (κ3) is 2.33. The summed E-state index contributed by atoms with van der Waals surface area (Å²) in [5.74, 6) is 0.829. The van der Waals surface area contributed by atoms with Crippen LogP contribution in [0.2, 0.25) is 0 Å². The predicted octanol–water partition coefficient (Wildman–Crippen LogP) is 2.99. The fraction of sp³-hybridized carbons (Fsp3) is 0.133. The normalized spacial score (nSPS) is 12.3. The summed E-state index contributed by atoms with van der Waals surface area (Å²) in [6.45, 7) is 0. The highest BCUT2D eigenvalue weighted by molar-refractivity contribution is 7.10. The molecule has 0 amide bonds. The van der Waals surface area contributed by atoms with Crippen molar-refractivity contribution in [1.29, 1.82) is 0 Å². The van der Waals surface area contributed by atoms with Crippen molar-refractivity contribution < 1.29 is 4.74 Å². The van der Waals surface area contributed by atoms with Gasteiger partial charge in [-0.1, -0.05) is 18.2 Å². The van der Waals surface area contributed by atoms with Crippen LogP contribution in [0.5, 0.6) is 5.75 Å². The average Bonchev–Trinajstić information content (AvgIpc) is 3.16. The van der Waals surface area contributed by atoms with Crippen LogP contribution in [-0.2, 0) is 0 Å². The van der Waals surface area contributed by atoms with Gasteiger partial charge in [0.15, 0.2) is 0 Å². The summed E-state index contributed by atoms with van der Waals surface area (Å²) < 4.78 is 7.15. The van der Waals surface area contributed by atoms with Crippen LogP contribution in [0.4, 0.5) is 0 Å². The average molecular weight is 285 g/mol. The molecule has 0 radical (unpaired) electrons. The zero-order valence-corrected chi connectivity index (χ0v) is 11.9. The van der Waals surface area contributed by atoms with Crippen LogP contribution < -0.4 is 10.5 Å². The molecule has 102 valence electrons. The standard InChI is InChI=1S/C15H15N3OS/c1-19-13-7-8-20-15(13)14(16)11-9-17-18(10-11)12-5-3-2-4-6-12/h2-10,14H,16H2,1H3. The second-order valence-electron chi connectivity index (χ2n) is 4.38. The summed E-state index contributed by atoms with van der Waals surface area (Å²) in [7, 11) is 1.66. The number of thiophene rings is 1. The number of hydrogen-bond acceptors (Lipinski definition) is 4. The van der Waals surface area contributed by atoms with Gasteiger partial charge in [0.2, 0.25) is 0 Å². The Labute approximate surface area is 121 Å². The molecule has 0 fully saturated rings. The summed E-state index contributed by atoms with van der Waals surface area (Å²) >= 11 is 1.60. The van der Waals surface area contributed by atoms with Crippen LogP contribution in [0.3, 0.4) is 0 Å². The van der Waals surface area contributed by atoms with Crippen molar-refractivity contribution in [1.82, 2.24) is 9.78 Å². The van der Waals surface area contributed by atoms with Crippen molar-refractivity contribution in [2.45, 2.75) is 6.04 Å². The first-order valence-corrected chi connectivity index (χ1v) is 7.14. The number of aromatic nitrogens is 2. The molecule has 3 aromatic rings. The summed E-state index contributed by atoms with van der Waals surface area (Å²) in [5.41, 5.74) is 8.29. The third-order valence-electron chi connectivity index (χ3n) is 3.14. The zero-order chi connectivity index (χ0) is 13.9. The highest BCUT2D eigenvalue weighted by Gasteiger charge is 2.17. The molecule has 2 heterocycles. The molecule has 0 aliphatic rings. The van der Waals surface area contributed by atoms with Crippen molar-refractivity contribution in [2.75, 3.05) is 7.11 Å². The Hall–Kier alpha value is -2.11. The Kier molecular flexibility index (Phi) is 3.54. The summed E-state index contributed by atoms with van der Waals surface area (Å²) in [6.07, 6.45) is 3.76. The molecule has 1 atom stereocenters. The van der Waals surface area contributed by atoms with E-state index >= 15 is 0 Å². The lowest BCUT2D eigenvalue weighted by atomic mass is 10.1. The molecule has 0 bridgehead atoms. The molecule has 1 unspecified atom stereocenters. The molecule has 0 spiro atoms. The van der Waals surface area contributed by atoms with Crippen LogP contribution in [0.25, 0.3) is 5.69 Å². The van der Waals surface area contributed by atoms with E-state index in [9.17, 15) is 0 Å². The van der Waals surface area contributed by atoms with Crippen molar-refractivity contribution in [3.63, 3.8) is 0 Å².